The second kappa shape index (κ2) is 5.63. The maximum atomic E-state index is 11.5. The van der Waals surface area contributed by atoms with Gasteiger partial charge in [0.25, 0.3) is 0 Å². The average Bonchev–Trinajstić information content (AvgIpc) is 2.51. The maximum Gasteiger partial charge on any atom is 0.166 e. The normalized spacial score (nSPS) is 12.8. The molecule has 14 heavy (non-hydrogen) atoms. The number of aliphatic hydroxyl groups is 1. The van der Waals surface area contributed by atoms with E-state index in [1.807, 2.05) is 18.4 Å². The number of aliphatic hydroxyl groups excluding tert-OH is 1. The quantitative estimate of drug-likeness (QED) is 0.898. The largest absolute Gasteiger partial charge is 0.385 e. The first-order chi connectivity index (χ1) is 6.63. The third-order valence-corrected chi connectivity index (χ3v) is 3.60. The molecule has 0 radical (unpaired) electrons. The minimum Gasteiger partial charge on any atom is -0.385 e. The third-order valence-electron chi connectivity index (χ3n) is 1.90. The summed E-state index contributed by atoms with van der Waals surface area (Å²) in [6.45, 7) is 1.96. The smallest absolute Gasteiger partial charge is 0.166 e. The van der Waals surface area contributed by atoms with Gasteiger partial charge in [0, 0.05) is 21.2 Å². The summed E-state index contributed by atoms with van der Waals surface area (Å²) >= 11 is 4.86. The van der Waals surface area contributed by atoms with Gasteiger partial charge in [-0.05, 0) is 28.4 Å². The zero-order valence-electron chi connectivity index (χ0n) is 8.00. The molecule has 1 atom stereocenters. The monoisotopic (exact) mass is 276 g/mol. The van der Waals surface area contributed by atoms with Gasteiger partial charge in [-0.3, -0.25) is 4.79 Å². The molecule has 0 aliphatic carbocycles. The fourth-order valence-corrected chi connectivity index (χ4v) is 2.63. The highest BCUT2D eigenvalue weighted by Crippen LogP contribution is 2.20. The minimum absolute atomic E-state index is 0.0822. The molecular formula is C10H13BrO2S. The molecule has 0 bridgehead atoms. The van der Waals surface area contributed by atoms with E-state index in [9.17, 15) is 9.90 Å². The third kappa shape index (κ3) is 3.52. The highest BCUT2D eigenvalue weighted by Gasteiger charge is 2.14. The van der Waals surface area contributed by atoms with E-state index in [0.29, 0.717) is 12.8 Å². The van der Waals surface area contributed by atoms with Gasteiger partial charge in [-0.25, -0.2) is 0 Å². The van der Waals surface area contributed by atoms with Crippen molar-refractivity contribution in [2.24, 2.45) is 0 Å². The van der Waals surface area contributed by atoms with Crippen molar-refractivity contribution in [3.8, 4) is 0 Å². The Morgan fingerprint density at radius 2 is 2.43 bits per heavy atom. The summed E-state index contributed by atoms with van der Waals surface area (Å²) in [4.78, 5) is 12.5. The van der Waals surface area contributed by atoms with Crippen LogP contribution in [-0.4, -0.2) is 17.0 Å². The van der Waals surface area contributed by atoms with Gasteiger partial charge in [0.2, 0.25) is 0 Å². The van der Waals surface area contributed by atoms with Gasteiger partial charge in [0.15, 0.2) is 5.78 Å². The summed E-state index contributed by atoms with van der Waals surface area (Å²) in [6.07, 6.45) is 0.949. The number of hydrogen-bond donors (Lipinski definition) is 1. The molecule has 0 saturated carbocycles. The van der Waals surface area contributed by atoms with Crippen LogP contribution in [0.15, 0.2) is 15.9 Å². The van der Waals surface area contributed by atoms with E-state index < -0.39 is 6.10 Å². The molecule has 0 aliphatic heterocycles. The number of hydrogen-bond acceptors (Lipinski definition) is 3. The van der Waals surface area contributed by atoms with Crippen LogP contribution in [-0.2, 0) is 11.2 Å². The van der Waals surface area contributed by atoms with Crippen LogP contribution >= 0.6 is 27.3 Å². The predicted octanol–water partition coefficient (Wildman–Crippen LogP) is 2.78. The number of carbonyl (C=O) groups excluding carboxylic acids is 1. The van der Waals surface area contributed by atoms with E-state index in [1.54, 1.807) is 0 Å². The highest BCUT2D eigenvalue weighted by molar-refractivity contribution is 9.10. The van der Waals surface area contributed by atoms with Crippen LogP contribution in [0.1, 0.15) is 24.6 Å². The van der Waals surface area contributed by atoms with Crippen LogP contribution in [0.5, 0.6) is 0 Å². The second-order valence-electron chi connectivity index (χ2n) is 3.18. The summed E-state index contributed by atoms with van der Waals surface area (Å²) in [5, 5.41) is 11.4. The SMILES string of the molecule is CCCC(O)C(=O)Cc1cc(Br)cs1. The molecule has 0 saturated heterocycles. The standard InChI is InChI=1S/C10H13BrO2S/c1-2-3-9(12)10(13)5-8-4-7(11)6-14-8/h4,6,9,12H,2-3,5H2,1H3. The van der Waals surface area contributed by atoms with Crippen molar-refractivity contribution in [2.75, 3.05) is 0 Å². The molecule has 0 fully saturated rings. The number of ketones is 1. The maximum absolute atomic E-state index is 11.5. The molecule has 0 aromatic carbocycles. The summed E-state index contributed by atoms with van der Waals surface area (Å²) < 4.78 is 0.996. The van der Waals surface area contributed by atoms with Crippen molar-refractivity contribution in [1.82, 2.24) is 0 Å². The van der Waals surface area contributed by atoms with Crippen LogP contribution in [0, 0.1) is 0 Å². The molecular weight excluding hydrogens is 264 g/mol. The predicted molar refractivity (Wildman–Crippen MR) is 61.6 cm³/mol. The summed E-state index contributed by atoms with van der Waals surface area (Å²) in [7, 11) is 0. The Morgan fingerprint density at radius 3 is 2.93 bits per heavy atom. The van der Waals surface area contributed by atoms with Crippen LogP contribution in [0.25, 0.3) is 0 Å². The Hall–Kier alpha value is -0.190. The number of carbonyl (C=O) groups is 1. The van der Waals surface area contributed by atoms with E-state index in [1.165, 1.54) is 11.3 Å². The first-order valence-electron chi connectivity index (χ1n) is 4.57. The fraction of sp³-hybridized carbons (Fsp3) is 0.500. The van der Waals surface area contributed by atoms with Gasteiger partial charge in [0.1, 0.15) is 6.10 Å². The molecule has 1 aromatic heterocycles. The molecule has 0 aliphatic rings. The van der Waals surface area contributed by atoms with Crippen molar-refractivity contribution in [3.63, 3.8) is 0 Å². The first kappa shape index (κ1) is 11.9. The Labute approximate surface area is 96.1 Å². The molecule has 78 valence electrons. The minimum atomic E-state index is -0.791. The highest BCUT2D eigenvalue weighted by atomic mass is 79.9. The Kier molecular flexibility index (Phi) is 4.78. The van der Waals surface area contributed by atoms with Crippen LogP contribution in [0.3, 0.4) is 0 Å². The van der Waals surface area contributed by atoms with Crippen LogP contribution < -0.4 is 0 Å². The lowest BCUT2D eigenvalue weighted by Crippen LogP contribution is -2.21. The molecule has 1 rings (SSSR count). The van der Waals surface area contributed by atoms with Crippen molar-refractivity contribution in [3.05, 3.63) is 20.8 Å². The van der Waals surface area contributed by atoms with Crippen molar-refractivity contribution < 1.29 is 9.90 Å². The topological polar surface area (TPSA) is 37.3 Å². The summed E-state index contributed by atoms with van der Waals surface area (Å²) in [6, 6.07) is 1.92. The molecule has 2 nitrogen and oxygen atoms in total. The second-order valence-corrected chi connectivity index (χ2v) is 5.09. The number of Topliss-reactive ketones (excluding diaryl/α,β-unsaturated/α-hetero) is 1. The van der Waals surface area contributed by atoms with Gasteiger partial charge in [-0.2, -0.15) is 0 Å². The number of halogens is 1. The van der Waals surface area contributed by atoms with Crippen molar-refractivity contribution >= 4 is 33.0 Å². The van der Waals surface area contributed by atoms with Crippen molar-refractivity contribution in [1.29, 1.82) is 0 Å². The zero-order valence-corrected chi connectivity index (χ0v) is 10.4. The van der Waals surface area contributed by atoms with E-state index in [2.05, 4.69) is 15.9 Å². The molecule has 1 aromatic rings. The molecule has 1 heterocycles. The number of rotatable bonds is 5. The van der Waals surface area contributed by atoms with Crippen molar-refractivity contribution in [2.45, 2.75) is 32.3 Å². The van der Waals surface area contributed by atoms with E-state index in [-0.39, 0.29) is 5.78 Å². The molecule has 1 N–H and O–H groups in total. The molecule has 0 amide bonds. The van der Waals surface area contributed by atoms with Crippen LogP contribution in [0.2, 0.25) is 0 Å². The van der Waals surface area contributed by atoms with E-state index in [0.717, 1.165) is 15.8 Å². The zero-order chi connectivity index (χ0) is 10.6. The number of thiophene rings is 1. The molecule has 0 spiro atoms. The van der Waals surface area contributed by atoms with E-state index in [4.69, 9.17) is 0 Å². The lowest BCUT2D eigenvalue weighted by Gasteiger charge is -2.06. The lowest BCUT2D eigenvalue weighted by atomic mass is 10.1. The van der Waals surface area contributed by atoms with Gasteiger partial charge in [-0.15, -0.1) is 11.3 Å². The summed E-state index contributed by atoms with van der Waals surface area (Å²) in [5.41, 5.74) is 0. The Bertz CT molecular complexity index is 309. The van der Waals surface area contributed by atoms with Gasteiger partial charge in [0.05, 0.1) is 0 Å². The van der Waals surface area contributed by atoms with Gasteiger partial charge in [-0.1, -0.05) is 13.3 Å². The van der Waals surface area contributed by atoms with Gasteiger partial charge >= 0.3 is 0 Å². The van der Waals surface area contributed by atoms with Gasteiger partial charge < -0.3 is 5.11 Å². The average molecular weight is 277 g/mol. The fourth-order valence-electron chi connectivity index (χ4n) is 1.17. The molecule has 1 unspecified atom stereocenters. The Morgan fingerprint density at radius 1 is 1.71 bits per heavy atom. The lowest BCUT2D eigenvalue weighted by molar-refractivity contribution is -0.126. The van der Waals surface area contributed by atoms with Crippen LogP contribution in [0.4, 0.5) is 0 Å². The van der Waals surface area contributed by atoms with E-state index >= 15 is 0 Å². The molecule has 4 heteroatoms. The Balaban J connectivity index is 2.48. The first-order valence-corrected chi connectivity index (χ1v) is 6.24. The summed E-state index contributed by atoms with van der Waals surface area (Å²) in [5.74, 6) is -0.0822.